The second kappa shape index (κ2) is 4.49. The van der Waals surface area contributed by atoms with Crippen molar-refractivity contribution in [3.8, 4) is 5.69 Å². The third kappa shape index (κ3) is 1.86. The minimum Gasteiger partial charge on any atom is -0.326 e. The molecule has 2 rings (SSSR count). The van der Waals surface area contributed by atoms with Crippen molar-refractivity contribution in [1.82, 2.24) is 9.55 Å². The van der Waals surface area contributed by atoms with E-state index in [2.05, 4.69) is 41.6 Å². The van der Waals surface area contributed by atoms with E-state index in [9.17, 15) is 0 Å². The maximum Gasteiger partial charge on any atom is 0.112 e. The van der Waals surface area contributed by atoms with Gasteiger partial charge in [-0.3, -0.25) is 0 Å². The van der Waals surface area contributed by atoms with Crippen LogP contribution in [-0.2, 0) is 13.0 Å². The molecule has 2 N–H and O–H groups in total. The third-order valence-electron chi connectivity index (χ3n) is 2.80. The molecule has 0 unspecified atom stereocenters. The van der Waals surface area contributed by atoms with E-state index in [4.69, 9.17) is 5.73 Å². The first-order valence-electron chi connectivity index (χ1n) is 5.58. The molecule has 0 saturated heterocycles. The molecule has 1 aromatic heterocycles. The summed E-state index contributed by atoms with van der Waals surface area (Å²) in [5.74, 6) is 1.08. The van der Waals surface area contributed by atoms with Gasteiger partial charge in [0, 0.05) is 31.0 Å². The Kier molecular flexibility index (Phi) is 3.06. The number of rotatable bonds is 3. The van der Waals surface area contributed by atoms with Gasteiger partial charge in [-0.2, -0.15) is 0 Å². The zero-order chi connectivity index (χ0) is 11.5. The molecule has 84 valence electrons. The molecule has 1 aromatic carbocycles. The van der Waals surface area contributed by atoms with Crippen LogP contribution in [0.5, 0.6) is 0 Å². The Labute approximate surface area is 95.9 Å². The molecule has 0 aliphatic carbocycles. The van der Waals surface area contributed by atoms with Crippen molar-refractivity contribution in [2.45, 2.75) is 26.8 Å². The fraction of sp³-hybridized carbons (Fsp3) is 0.308. The Bertz CT molecular complexity index is 486. The van der Waals surface area contributed by atoms with Crippen LogP contribution in [0, 0.1) is 6.92 Å². The number of imidazole rings is 1. The van der Waals surface area contributed by atoms with E-state index in [1.54, 1.807) is 0 Å². The number of aromatic nitrogens is 2. The minimum absolute atomic E-state index is 0.573. The van der Waals surface area contributed by atoms with Crippen molar-refractivity contribution in [1.29, 1.82) is 0 Å². The lowest BCUT2D eigenvalue weighted by atomic mass is 10.1. The molecule has 0 aliphatic rings. The third-order valence-corrected chi connectivity index (χ3v) is 2.80. The van der Waals surface area contributed by atoms with E-state index in [0.29, 0.717) is 6.54 Å². The molecule has 2 aromatic rings. The van der Waals surface area contributed by atoms with Crippen LogP contribution in [-0.4, -0.2) is 9.55 Å². The number of hydrogen-bond donors (Lipinski definition) is 1. The van der Waals surface area contributed by atoms with Crippen molar-refractivity contribution in [2.24, 2.45) is 5.73 Å². The van der Waals surface area contributed by atoms with Gasteiger partial charge in [0.25, 0.3) is 0 Å². The Morgan fingerprint density at radius 2 is 2.19 bits per heavy atom. The standard InChI is InChI=1S/C13H17N3/c1-3-13-15-6-7-16(13)12-8-11(9-14)5-4-10(12)2/h4-8H,3,9,14H2,1-2H3. The predicted octanol–water partition coefficient (Wildman–Crippen LogP) is 2.20. The summed E-state index contributed by atoms with van der Waals surface area (Å²) in [5, 5.41) is 0. The molecule has 3 heteroatoms. The van der Waals surface area contributed by atoms with Crippen LogP contribution in [0.25, 0.3) is 5.69 Å². The van der Waals surface area contributed by atoms with Gasteiger partial charge in [0.05, 0.1) is 0 Å². The Balaban J connectivity index is 2.54. The summed E-state index contributed by atoms with van der Waals surface area (Å²) < 4.78 is 2.13. The maximum atomic E-state index is 5.67. The number of benzene rings is 1. The van der Waals surface area contributed by atoms with Crippen LogP contribution < -0.4 is 5.73 Å². The summed E-state index contributed by atoms with van der Waals surface area (Å²) in [4.78, 5) is 4.34. The molecule has 3 nitrogen and oxygen atoms in total. The average molecular weight is 215 g/mol. The first kappa shape index (κ1) is 10.9. The van der Waals surface area contributed by atoms with Gasteiger partial charge in [0.2, 0.25) is 0 Å². The predicted molar refractivity (Wildman–Crippen MR) is 65.6 cm³/mol. The first-order valence-corrected chi connectivity index (χ1v) is 5.58. The van der Waals surface area contributed by atoms with E-state index in [1.165, 1.54) is 11.3 Å². The molecule has 0 spiro atoms. The van der Waals surface area contributed by atoms with E-state index in [0.717, 1.165) is 17.8 Å². The SMILES string of the molecule is CCc1nccn1-c1cc(CN)ccc1C. The van der Waals surface area contributed by atoms with Gasteiger partial charge in [-0.05, 0) is 24.1 Å². The van der Waals surface area contributed by atoms with Crippen molar-refractivity contribution in [3.05, 3.63) is 47.5 Å². The van der Waals surface area contributed by atoms with E-state index in [-0.39, 0.29) is 0 Å². The lowest BCUT2D eigenvalue weighted by Gasteiger charge is -2.11. The van der Waals surface area contributed by atoms with Crippen LogP contribution in [0.15, 0.2) is 30.6 Å². The minimum atomic E-state index is 0.573. The molecule has 1 heterocycles. The van der Waals surface area contributed by atoms with Gasteiger partial charge in [-0.15, -0.1) is 0 Å². The number of nitrogens with two attached hydrogens (primary N) is 1. The van der Waals surface area contributed by atoms with Crippen molar-refractivity contribution in [3.63, 3.8) is 0 Å². The van der Waals surface area contributed by atoms with E-state index >= 15 is 0 Å². The lowest BCUT2D eigenvalue weighted by Crippen LogP contribution is -2.04. The molecule has 0 atom stereocenters. The van der Waals surface area contributed by atoms with Crippen molar-refractivity contribution < 1.29 is 0 Å². The summed E-state index contributed by atoms with van der Waals surface area (Å²) in [5.41, 5.74) is 9.24. The van der Waals surface area contributed by atoms with Crippen LogP contribution >= 0.6 is 0 Å². The summed E-state index contributed by atoms with van der Waals surface area (Å²) in [6.07, 6.45) is 4.77. The normalized spacial score (nSPS) is 10.7. The Morgan fingerprint density at radius 3 is 2.88 bits per heavy atom. The number of hydrogen-bond acceptors (Lipinski definition) is 2. The highest BCUT2D eigenvalue weighted by Gasteiger charge is 2.06. The largest absolute Gasteiger partial charge is 0.326 e. The van der Waals surface area contributed by atoms with Crippen LogP contribution in [0.1, 0.15) is 23.9 Å². The van der Waals surface area contributed by atoms with Crippen LogP contribution in [0.3, 0.4) is 0 Å². The summed E-state index contributed by atoms with van der Waals surface area (Å²) >= 11 is 0. The van der Waals surface area contributed by atoms with Gasteiger partial charge < -0.3 is 10.3 Å². The molecule has 16 heavy (non-hydrogen) atoms. The van der Waals surface area contributed by atoms with E-state index in [1.807, 2.05) is 12.4 Å². The summed E-state index contributed by atoms with van der Waals surface area (Å²) in [6.45, 7) is 4.79. The molecule has 0 amide bonds. The molecule has 0 radical (unpaired) electrons. The van der Waals surface area contributed by atoms with Gasteiger partial charge >= 0.3 is 0 Å². The Morgan fingerprint density at radius 1 is 1.38 bits per heavy atom. The zero-order valence-corrected chi connectivity index (χ0v) is 9.77. The van der Waals surface area contributed by atoms with Crippen molar-refractivity contribution >= 4 is 0 Å². The number of nitrogens with zero attached hydrogens (tertiary/aromatic N) is 2. The topological polar surface area (TPSA) is 43.8 Å². The fourth-order valence-corrected chi connectivity index (χ4v) is 1.86. The van der Waals surface area contributed by atoms with Gasteiger partial charge in [-0.25, -0.2) is 4.98 Å². The lowest BCUT2D eigenvalue weighted by molar-refractivity contribution is 0.882. The molecule has 0 fully saturated rings. The molecule has 0 bridgehead atoms. The summed E-state index contributed by atoms with van der Waals surface area (Å²) in [6, 6.07) is 6.31. The molecule has 0 aliphatic heterocycles. The van der Waals surface area contributed by atoms with Crippen molar-refractivity contribution in [2.75, 3.05) is 0 Å². The zero-order valence-electron chi connectivity index (χ0n) is 9.77. The second-order valence-corrected chi connectivity index (χ2v) is 3.89. The molecular formula is C13H17N3. The highest BCUT2D eigenvalue weighted by molar-refractivity contribution is 5.44. The molecular weight excluding hydrogens is 198 g/mol. The highest BCUT2D eigenvalue weighted by atomic mass is 15.1. The van der Waals surface area contributed by atoms with Gasteiger partial charge in [-0.1, -0.05) is 19.1 Å². The average Bonchev–Trinajstić information content (AvgIpc) is 2.77. The number of aryl methyl sites for hydroxylation is 2. The quantitative estimate of drug-likeness (QED) is 0.853. The smallest absolute Gasteiger partial charge is 0.112 e. The first-order chi connectivity index (χ1) is 7.76. The second-order valence-electron chi connectivity index (χ2n) is 3.89. The van der Waals surface area contributed by atoms with Gasteiger partial charge in [0.1, 0.15) is 5.82 Å². The Hall–Kier alpha value is -1.61. The monoisotopic (exact) mass is 215 g/mol. The summed E-state index contributed by atoms with van der Waals surface area (Å²) in [7, 11) is 0. The van der Waals surface area contributed by atoms with E-state index < -0.39 is 0 Å². The molecule has 0 saturated carbocycles. The maximum absolute atomic E-state index is 5.67. The van der Waals surface area contributed by atoms with Crippen LogP contribution in [0.4, 0.5) is 0 Å². The van der Waals surface area contributed by atoms with Gasteiger partial charge in [0.15, 0.2) is 0 Å². The fourth-order valence-electron chi connectivity index (χ4n) is 1.86. The van der Waals surface area contributed by atoms with Crippen LogP contribution in [0.2, 0.25) is 0 Å². The highest BCUT2D eigenvalue weighted by Crippen LogP contribution is 2.18.